The quantitative estimate of drug-likeness (QED) is 0.388. The highest BCUT2D eigenvalue weighted by Gasteiger charge is 2.34. The van der Waals surface area contributed by atoms with E-state index >= 15 is 0 Å². The van der Waals surface area contributed by atoms with Gasteiger partial charge in [0.1, 0.15) is 0 Å². The fraction of sp³-hybridized carbons (Fsp3) is 0.478. The monoisotopic (exact) mass is 382 g/mol. The first-order valence-corrected chi connectivity index (χ1v) is 10.1. The summed E-state index contributed by atoms with van der Waals surface area (Å²) in [6.45, 7) is 2.59. The van der Waals surface area contributed by atoms with Gasteiger partial charge in [-0.2, -0.15) is 0 Å². The van der Waals surface area contributed by atoms with Gasteiger partial charge in [-0.05, 0) is 50.7 Å². The molecule has 0 amide bonds. The Labute approximate surface area is 167 Å². The Balaban J connectivity index is 1.46. The van der Waals surface area contributed by atoms with E-state index in [1.165, 1.54) is 5.56 Å². The molecule has 28 heavy (non-hydrogen) atoms. The Hall–Kier alpha value is -2.24. The number of hydrogen-bond acceptors (Lipinski definition) is 4. The smallest absolute Gasteiger partial charge is 0.165 e. The normalized spacial score (nSPS) is 21.7. The molecule has 1 fully saturated rings. The molecule has 1 aromatic heterocycles. The van der Waals surface area contributed by atoms with Crippen molar-refractivity contribution in [2.24, 2.45) is 7.05 Å². The number of ketones is 1. The SMILES string of the molecule is Cn1cc(C(=O)CCCCc2ccccc2)cc1CC[C@]1(C)COC(C=O)N1. The van der Waals surface area contributed by atoms with E-state index in [0.29, 0.717) is 13.0 Å². The molecule has 2 atom stereocenters. The Morgan fingerprint density at radius 2 is 2.07 bits per heavy atom. The van der Waals surface area contributed by atoms with Gasteiger partial charge in [0.25, 0.3) is 0 Å². The predicted octanol–water partition coefficient (Wildman–Crippen LogP) is 3.46. The molecule has 2 aromatic rings. The summed E-state index contributed by atoms with van der Waals surface area (Å²) in [4.78, 5) is 23.4. The van der Waals surface area contributed by atoms with Crippen molar-refractivity contribution in [3.8, 4) is 0 Å². The van der Waals surface area contributed by atoms with E-state index in [-0.39, 0.29) is 11.3 Å². The van der Waals surface area contributed by atoms with Gasteiger partial charge in [-0.25, -0.2) is 0 Å². The third-order valence-corrected chi connectivity index (χ3v) is 5.52. The fourth-order valence-corrected chi connectivity index (χ4v) is 3.74. The van der Waals surface area contributed by atoms with Gasteiger partial charge in [-0.1, -0.05) is 30.3 Å². The topological polar surface area (TPSA) is 60.3 Å². The van der Waals surface area contributed by atoms with Crippen LogP contribution in [0.3, 0.4) is 0 Å². The zero-order chi connectivity index (χ0) is 20.0. The second kappa shape index (κ2) is 9.30. The second-order valence-corrected chi connectivity index (χ2v) is 8.02. The van der Waals surface area contributed by atoms with Gasteiger partial charge in [0.05, 0.1) is 6.61 Å². The average Bonchev–Trinajstić information content (AvgIpc) is 3.27. The van der Waals surface area contributed by atoms with Crippen LogP contribution in [0.25, 0.3) is 0 Å². The standard InChI is InChI=1S/C23H30N2O3/c1-23(17-28-22(16-26)24-23)13-12-20-14-19(15-25(20)2)21(27)11-7-6-10-18-8-4-3-5-9-18/h3-5,8-9,14-16,22,24H,6-7,10-13,17H2,1-2H3/t22?,23-/m1/s1. The second-order valence-electron chi connectivity index (χ2n) is 8.02. The number of aldehydes is 1. The van der Waals surface area contributed by atoms with Crippen LogP contribution >= 0.6 is 0 Å². The lowest BCUT2D eigenvalue weighted by Crippen LogP contribution is -2.43. The van der Waals surface area contributed by atoms with Crippen LogP contribution < -0.4 is 5.32 Å². The fourth-order valence-electron chi connectivity index (χ4n) is 3.74. The molecule has 5 heteroatoms. The van der Waals surface area contributed by atoms with E-state index in [2.05, 4.69) is 36.5 Å². The Morgan fingerprint density at radius 1 is 1.29 bits per heavy atom. The maximum absolute atomic E-state index is 12.5. The van der Waals surface area contributed by atoms with Crippen molar-refractivity contribution in [1.82, 2.24) is 9.88 Å². The van der Waals surface area contributed by atoms with Crippen LogP contribution in [0.15, 0.2) is 42.6 Å². The van der Waals surface area contributed by atoms with Crippen molar-refractivity contribution in [2.75, 3.05) is 6.61 Å². The number of hydrogen-bond donors (Lipinski definition) is 1. The average molecular weight is 383 g/mol. The molecule has 3 rings (SSSR count). The van der Waals surface area contributed by atoms with Crippen molar-refractivity contribution in [3.05, 3.63) is 59.4 Å². The number of aryl methyl sites for hydroxylation is 3. The van der Waals surface area contributed by atoms with Crippen molar-refractivity contribution < 1.29 is 14.3 Å². The highest BCUT2D eigenvalue weighted by atomic mass is 16.5. The number of unbranched alkanes of at least 4 members (excludes halogenated alkanes) is 1. The molecule has 1 aromatic carbocycles. The lowest BCUT2D eigenvalue weighted by Gasteiger charge is -2.22. The number of benzene rings is 1. The summed E-state index contributed by atoms with van der Waals surface area (Å²) in [5.41, 5.74) is 3.04. The zero-order valence-electron chi connectivity index (χ0n) is 16.8. The molecule has 0 radical (unpaired) electrons. The summed E-state index contributed by atoms with van der Waals surface area (Å²) in [6, 6.07) is 12.4. The first kappa shape index (κ1) is 20.5. The molecule has 1 aliphatic rings. The predicted molar refractivity (Wildman–Crippen MR) is 109 cm³/mol. The van der Waals surface area contributed by atoms with Crippen LogP contribution in [0.5, 0.6) is 0 Å². The van der Waals surface area contributed by atoms with Crippen LogP contribution in [0.2, 0.25) is 0 Å². The van der Waals surface area contributed by atoms with Crippen molar-refractivity contribution in [3.63, 3.8) is 0 Å². The Morgan fingerprint density at radius 3 is 2.79 bits per heavy atom. The first-order valence-electron chi connectivity index (χ1n) is 10.1. The third kappa shape index (κ3) is 5.40. The van der Waals surface area contributed by atoms with Gasteiger partial charge in [-0.3, -0.25) is 14.9 Å². The summed E-state index contributed by atoms with van der Waals surface area (Å²) in [7, 11) is 1.98. The van der Waals surface area contributed by atoms with Crippen molar-refractivity contribution in [2.45, 2.75) is 57.2 Å². The van der Waals surface area contributed by atoms with E-state index in [0.717, 1.165) is 49.6 Å². The molecule has 1 saturated heterocycles. The van der Waals surface area contributed by atoms with Crippen LogP contribution in [-0.4, -0.2) is 35.0 Å². The molecule has 0 aliphatic carbocycles. The summed E-state index contributed by atoms with van der Waals surface area (Å²) >= 11 is 0. The minimum atomic E-state index is -0.508. The molecule has 1 N–H and O–H groups in total. The first-order chi connectivity index (χ1) is 13.5. The lowest BCUT2D eigenvalue weighted by atomic mass is 9.96. The highest BCUT2D eigenvalue weighted by Crippen LogP contribution is 2.22. The number of ether oxygens (including phenoxy) is 1. The molecule has 0 spiro atoms. The van der Waals surface area contributed by atoms with Gasteiger partial charge in [-0.15, -0.1) is 0 Å². The largest absolute Gasteiger partial charge is 0.354 e. The van der Waals surface area contributed by atoms with E-state index in [9.17, 15) is 9.59 Å². The van der Waals surface area contributed by atoms with E-state index in [4.69, 9.17) is 4.74 Å². The van der Waals surface area contributed by atoms with Crippen LogP contribution in [0.1, 0.15) is 54.2 Å². The lowest BCUT2D eigenvalue weighted by molar-refractivity contribution is -0.116. The van der Waals surface area contributed by atoms with Gasteiger partial charge < -0.3 is 9.30 Å². The van der Waals surface area contributed by atoms with Crippen LogP contribution in [0, 0.1) is 0 Å². The summed E-state index contributed by atoms with van der Waals surface area (Å²) < 4.78 is 7.46. The zero-order valence-corrected chi connectivity index (χ0v) is 16.8. The van der Waals surface area contributed by atoms with Crippen LogP contribution in [0.4, 0.5) is 0 Å². The number of nitrogens with zero attached hydrogens (tertiary/aromatic N) is 1. The summed E-state index contributed by atoms with van der Waals surface area (Å²) in [5.74, 6) is 0.212. The maximum atomic E-state index is 12.5. The number of carbonyl (C=O) groups is 2. The molecule has 0 saturated carbocycles. The number of aromatic nitrogens is 1. The minimum absolute atomic E-state index is 0.211. The molecule has 1 unspecified atom stereocenters. The maximum Gasteiger partial charge on any atom is 0.165 e. The van der Waals surface area contributed by atoms with Gasteiger partial charge >= 0.3 is 0 Å². The Kier molecular flexibility index (Phi) is 6.81. The summed E-state index contributed by atoms with van der Waals surface area (Å²) in [5, 5.41) is 3.22. The molecule has 5 nitrogen and oxygen atoms in total. The number of Topliss-reactive ketones (excluding diaryl/α,β-unsaturated/α-hetero) is 1. The molecular weight excluding hydrogens is 352 g/mol. The number of rotatable bonds is 10. The van der Waals surface area contributed by atoms with E-state index in [1.54, 1.807) is 0 Å². The van der Waals surface area contributed by atoms with Crippen molar-refractivity contribution in [1.29, 1.82) is 0 Å². The van der Waals surface area contributed by atoms with E-state index < -0.39 is 6.23 Å². The van der Waals surface area contributed by atoms with Gasteiger partial charge in [0.15, 0.2) is 18.3 Å². The number of nitrogens with one attached hydrogen (secondary N) is 1. The molecule has 1 aliphatic heterocycles. The molecular formula is C23H30N2O3. The molecule has 2 heterocycles. The minimum Gasteiger partial charge on any atom is -0.354 e. The van der Waals surface area contributed by atoms with Gasteiger partial charge in [0.2, 0.25) is 0 Å². The third-order valence-electron chi connectivity index (χ3n) is 5.52. The number of carbonyl (C=O) groups excluding carboxylic acids is 2. The van der Waals surface area contributed by atoms with Crippen LogP contribution in [-0.2, 0) is 29.4 Å². The molecule has 0 bridgehead atoms. The van der Waals surface area contributed by atoms with Crippen molar-refractivity contribution >= 4 is 12.1 Å². The Bertz CT molecular complexity index is 799. The van der Waals surface area contributed by atoms with Gasteiger partial charge in [0, 0.05) is 36.5 Å². The highest BCUT2D eigenvalue weighted by molar-refractivity contribution is 5.96. The summed E-state index contributed by atoms with van der Waals surface area (Å²) in [6.07, 6.45) is 7.43. The molecule has 150 valence electrons. The van der Waals surface area contributed by atoms with E-state index in [1.807, 2.05) is 29.9 Å².